The van der Waals surface area contributed by atoms with Gasteiger partial charge in [-0.3, -0.25) is 29.2 Å². The normalized spacial score (nSPS) is 11.8. The Bertz CT molecular complexity index is 1330. The summed E-state index contributed by atoms with van der Waals surface area (Å²) in [6, 6.07) is 19.4. The number of nitrogens with one attached hydrogen (secondary N) is 2. The number of hydrogen-bond acceptors (Lipinski definition) is 6. The first-order chi connectivity index (χ1) is 17.7. The van der Waals surface area contributed by atoms with Gasteiger partial charge < -0.3 is 20.8 Å². The quantitative estimate of drug-likeness (QED) is 0.313. The number of carbonyl (C=O) groups excluding carboxylic acids is 2. The highest BCUT2D eigenvalue weighted by atomic mass is 16.4. The smallest absolute Gasteiger partial charge is 0.325 e. The van der Waals surface area contributed by atoms with Gasteiger partial charge in [0.05, 0.1) is 11.4 Å². The molecule has 0 bridgehead atoms. The van der Waals surface area contributed by atoms with Crippen LogP contribution in [-0.4, -0.2) is 59.0 Å². The van der Waals surface area contributed by atoms with Gasteiger partial charge in [-0.1, -0.05) is 24.3 Å². The van der Waals surface area contributed by atoms with Crippen molar-refractivity contribution < 1.29 is 29.4 Å². The van der Waals surface area contributed by atoms with Crippen molar-refractivity contribution in [1.82, 2.24) is 10.6 Å². The van der Waals surface area contributed by atoms with Gasteiger partial charge >= 0.3 is 11.9 Å². The number of benzene rings is 3. The van der Waals surface area contributed by atoms with E-state index in [0.717, 1.165) is 11.1 Å². The number of hydrogen-bond donors (Lipinski definition) is 4. The van der Waals surface area contributed by atoms with E-state index in [-0.39, 0.29) is 0 Å². The Kier molecular flexibility index (Phi) is 8.98. The van der Waals surface area contributed by atoms with Gasteiger partial charge in [0.1, 0.15) is 12.6 Å². The fourth-order valence-corrected chi connectivity index (χ4v) is 2.96. The van der Waals surface area contributed by atoms with E-state index in [1.165, 1.54) is 6.92 Å². The lowest BCUT2D eigenvalue weighted by atomic mass is 10.1. The van der Waals surface area contributed by atoms with Crippen LogP contribution in [0.15, 0.2) is 82.8 Å². The molecule has 2 amide bonds. The molecule has 37 heavy (non-hydrogen) atoms. The number of aliphatic carboxylic acids is 2. The molecule has 0 aromatic heterocycles. The second-order valence-corrected chi connectivity index (χ2v) is 7.89. The van der Waals surface area contributed by atoms with E-state index in [0.29, 0.717) is 22.5 Å². The summed E-state index contributed by atoms with van der Waals surface area (Å²) in [6.07, 6.45) is 3.35. The van der Waals surface area contributed by atoms with E-state index in [1.54, 1.807) is 61.0 Å². The van der Waals surface area contributed by atoms with Gasteiger partial charge in [-0.25, -0.2) is 0 Å². The average Bonchev–Trinajstić information content (AvgIpc) is 2.90. The third-order valence-corrected chi connectivity index (χ3v) is 5.04. The molecular weight excluding hydrogens is 476 g/mol. The monoisotopic (exact) mass is 500 g/mol. The van der Waals surface area contributed by atoms with E-state index in [2.05, 4.69) is 20.6 Å². The summed E-state index contributed by atoms with van der Waals surface area (Å²) >= 11 is 0. The van der Waals surface area contributed by atoms with Crippen LogP contribution in [0.2, 0.25) is 0 Å². The van der Waals surface area contributed by atoms with Crippen LogP contribution < -0.4 is 10.6 Å². The Morgan fingerprint density at radius 1 is 0.730 bits per heavy atom. The highest BCUT2D eigenvalue weighted by Crippen LogP contribution is 2.15. The summed E-state index contributed by atoms with van der Waals surface area (Å²) in [5.41, 5.74) is 3.65. The lowest BCUT2D eigenvalue weighted by Crippen LogP contribution is -2.38. The highest BCUT2D eigenvalue weighted by molar-refractivity contribution is 5.97. The van der Waals surface area contributed by atoms with E-state index in [1.807, 2.05) is 24.3 Å². The molecular formula is C27H24N4O6. The molecule has 3 aromatic rings. The van der Waals surface area contributed by atoms with Gasteiger partial charge in [-0.05, 0) is 66.6 Å². The van der Waals surface area contributed by atoms with E-state index >= 15 is 0 Å². The van der Waals surface area contributed by atoms with Crippen LogP contribution in [0.5, 0.6) is 0 Å². The molecule has 0 aliphatic heterocycles. The maximum absolute atomic E-state index is 12.1. The molecule has 0 aliphatic rings. The SMILES string of the molecule is CC(NC(=O)c1ccc(N=Cc2ccc(C=Nc3ccc(C(=O)NCC(=O)O)cc3)cc2)cc1)C(=O)O. The average molecular weight is 501 g/mol. The van der Waals surface area contributed by atoms with Crippen molar-refractivity contribution in [1.29, 1.82) is 0 Å². The Balaban J connectivity index is 1.55. The predicted molar refractivity (Wildman–Crippen MR) is 138 cm³/mol. The number of rotatable bonds is 10. The van der Waals surface area contributed by atoms with Gasteiger partial charge in [0.25, 0.3) is 11.8 Å². The number of nitrogens with zero attached hydrogens (tertiary/aromatic N) is 2. The van der Waals surface area contributed by atoms with Crippen molar-refractivity contribution in [2.24, 2.45) is 9.98 Å². The van der Waals surface area contributed by atoms with Crippen LogP contribution in [0.3, 0.4) is 0 Å². The van der Waals surface area contributed by atoms with E-state index in [9.17, 15) is 19.2 Å². The molecule has 1 atom stereocenters. The van der Waals surface area contributed by atoms with Gasteiger partial charge in [0.2, 0.25) is 0 Å². The van der Waals surface area contributed by atoms with Crippen LogP contribution in [0.25, 0.3) is 0 Å². The Labute approximate surface area is 212 Å². The van der Waals surface area contributed by atoms with Crippen LogP contribution in [0.4, 0.5) is 11.4 Å². The standard InChI is InChI=1S/C27H24N4O6/c1-17(27(36)37)31-26(35)21-8-12-23(13-9-21)29-15-19-4-2-18(3-5-19)14-28-22-10-6-20(7-11-22)25(34)30-16-24(32)33/h2-15,17H,16H2,1H3,(H,30,34)(H,31,35)(H,32,33)(H,36,37). The van der Waals surface area contributed by atoms with E-state index < -0.39 is 36.3 Å². The van der Waals surface area contributed by atoms with Crippen molar-refractivity contribution in [3.63, 3.8) is 0 Å². The van der Waals surface area contributed by atoms with Crippen molar-refractivity contribution in [2.75, 3.05) is 6.54 Å². The molecule has 0 saturated heterocycles. The molecule has 3 aromatic carbocycles. The van der Waals surface area contributed by atoms with Crippen molar-refractivity contribution >= 4 is 47.6 Å². The van der Waals surface area contributed by atoms with Gasteiger partial charge in [-0.2, -0.15) is 0 Å². The van der Waals surface area contributed by atoms with Crippen molar-refractivity contribution in [2.45, 2.75) is 13.0 Å². The Morgan fingerprint density at radius 3 is 1.57 bits per heavy atom. The summed E-state index contributed by atoms with van der Waals surface area (Å²) < 4.78 is 0. The third kappa shape index (κ3) is 8.25. The summed E-state index contributed by atoms with van der Waals surface area (Å²) in [5.74, 6) is -3.16. The fraction of sp³-hybridized carbons (Fsp3) is 0.111. The minimum absolute atomic E-state index is 0.340. The fourth-order valence-electron chi connectivity index (χ4n) is 2.96. The second-order valence-electron chi connectivity index (χ2n) is 7.89. The molecule has 0 radical (unpaired) electrons. The van der Waals surface area contributed by atoms with Gasteiger partial charge in [0.15, 0.2) is 0 Å². The topological polar surface area (TPSA) is 158 Å². The lowest BCUT2D eigenvalue weighted by molar-refractivity contribution is -0.139. The molecule has 0 heterocycles. The lowest BCUT2D eigenvalue weighted by Gasteiger charge is -2.09. The van der Waals surface area contributed by atoms with Gasteiger partial charge in [0, 0.05) is 23.6 Å². The molecule has 10 nitrogen and oxygen atoms in total. The summed E-state index contributed by atoms with van der Waals surface area (Å²) in [7, 11) is 0. The third-order valence-electron chi connectivity index (χ3n) is 5.04. The van der Waals surface area contributed by atoms with Crippen LogP contribution >= 0.6 is 0 Å². The van der Waals surface area contributed by atoms with Crippen LogP contribution in [-0.2, 0) is 9.59 Å². The predicted octanol–water partition coefficient (Wildman–Crippen LogP) is 3.21. The summed E-state index contributed by atoms with van der Waals surface area (Å²) in [6.45, 7) is 0.947. The first-order valence-corrected chi connectivity index (χ1v) is 11.1. The molecule has 3 rings (SSSR count). The Morgan fingerprint density at radius 2 is 1.16 bits per heavy atom. The van der Waals surface area contributed by atoms with Crippen molar-refractivity contribution in [3.05, 3.63) is 95.1 Å². The maximum atomic E-state index is 12.1. The van der Waals surface area contributed by atoms with Gasteiger partial charge in [-0.15, -0.1) is 0 Å². The Hall–Kier alpha value is -5.12. The van der Waals surface area contributed by atoms with Crippen LogP contribution in [0, 0.1) is 0 Å². The first kappa shape index (κ1) is 26.5. The summed E-state index contributed by atoms with van der Waals surface area (Å²) in [4.78, 5) is 54.1. The summed E-state index contributed by atoms with van der Waals surface area (Å²) in [5, 5.41) is 22.2. The molecule has 0 saturated carbocycles. The first-order valence-electron chi connectivity index (χ1n) is 11.1. The largest absolute Gasteiger partial charge is 0.480 e. The number of aliphatic imine (C=N–C) groups is 2. The molecule has 0 aliphatic carbocycles. The van der Waals surface area contributed by atoms with Crippen LogP contribution in [0.1, 0.15) is 38.8 Å². The zero-order valence-electron chi connectivity index (χ0n) is 19.8. The molecule has 188 valence electrons. The number of carboxylic acid groups (broad SMARTS) is 2. The zero-order valence-corrected chi connectivity index (χ0v) is 19.8. The molecule has 0 spiro atoms. The number of amides is 2. The molecule has 0 fully saturated rings. The maximum Gasteiger partial charge on any atom is 0.325 e. The second kappa shape index (κ2) is 12.5. The minimum Gasteiger partial charge on any atom is -0.480 e. The highest BCUT2D eigenvalue weighted by Gasteiger charge is 2.15. The number of carboxylic acids is 2. The minimum atomic E-state index is -1.11. The molecule has 10 heteroatoms. The molecule has 1 unspecified atom stereocenters. The van der Waals surface area contributed by atoms with E-state index in [4.69, 9.17) is 10.2 Å². The number of carbonyl (C=O) groups is 4. The zero-order chi connectivity index (χ0) is 26.8. The van der Waals surface area contributed by atoms with Crippen molar-refractivity contribution in [3.8, 4) is 0 Å². The molecule has 4 N–H and O–H groups in total.